The first-order valence-electron chi connectivity index (χ1n) is 11.1. The van der Waals surface area contributed by atoms with Gasteiger partial charge in [-0.25, -0.2) is 0 Å². The number of ether oxygens (including phenoxy) is 1. The minimum Gasteiger partial charge on any atom is -0.466 e. The molecule has 0 bridgehead atoms. The maximum atomic E-state index is 12.1. The molecule has 1 N–H and O–H groups in total. The van der Waals surface area contributed by atoms with Gasteiger partial charge >= 0.3 is 5.97 Å². The number of hydrogen-bond acceptors (Lipinski definition) is 4. The lowest BCUT2D eigenvalue weighted by atomic mass is 9.98. The molecule has 0 aromatic rings. The van der Waals surface area contributed by atoms with Gasteiger partial charge in [0.1, 0.15) is 0 Å². The first-order chi connectivity index (χ1) is 13.1. The van der Waals surface area contributed by atoms with Gasteiger partial charge < -0.3 is 19.9 Å². The van der Waals surface area contributed by atoms with E-state index in [2.05, 4.69) is 29.0 Å². The number of likely N-dealkylation sites (tertiary alicyclic amines) is 2. The molecule has 6 nitrogen and oxygen atoms in total. The van der Waals surface area contributed by atoms with Crippen LogP contribution in [0.15, 0.2) is 4.99 Å². The molecule has 2 heterocycles. The van der Waals surface area contributed by atoms with Crippen molar-refractivity contribution in [2.75, 3.05) is 52.4 Å². The summed E-state index contributed by atoms with van der Waals surface area (Å²) in [5.41, 5.74) is 0. The average molecular weight is 508 g/mol. The number of rotatable bonds is 8. The number of aliphatic imine (C=N–C) groups is 1. The molecule has 0 aromatic carbocycles. The Balaban J connectivity index is 0.00000392. The molecule has 2 saturated heterocycles. The molecule has 0 spiro atoms. The van der Waals surface area contributed by atoms with Crippen molar-refractivity contribution in [3.63, 3.8) is 0 Å². The fourth-order valence-electron chi connectivity index (χ4n) is 4.17. The number of halogens is 1. The molecule has 0 aromatic heterocycles. The second-order valence-electron chi connectivity index (χ2n) is 8.03. The summed E-state index contributed by atoms with van der Waals surface area (Å²) >= 11 is 0. The summed E-state index contributed by atoms with van der Waals surface area (Å²) in [5, 5.41) is 3.40. The Morgan fingerprint density at radius 3 is 2.64 bits per heavy atom. The lowest BCUT2D eigenvalue weighted by molar-refractivity contribution is -0.149. The van der Waals surface area contributed by atoms with Crippen LogP contribution in [0.3, 0.4) is 0 Å². The zero-order valence-corrected chi connectivity index (χ0v) is 20.5. The molecule has 2 atom stereocenters. The Bertz CT molecular complexity index is 475. The van der Waals surface area contributed by atoms with Gasteiger partial charge in [-0.3, -0.25) is 9.79 Å². The van der Waals surface area contributed by atoms with E-state index in [4.69, 9.17) is 9.73 Å². The average Bonchev–Trinajstić information content (AvgIpc) is 2.67. The van der Waals surface area contributed by atoms with Crippen LogP contribution in [-0.2, 0) is 9.53 Å². The van der Waals surface area contributed by atoms with E-state index in [1.807, 2.05) is 6.92 Å². The summed E-state index contributed by atoms with van der Waals surface area (Å²) in [6.07, 6.45) is 7.00. The minimum absolute atomic E-state index is 0. The molecule has 2 aliphatic rings. The Morgan fingerprint density at radius 2 is 1.93 bits per heavy atom. The maximum absolute atomic E-state index is 12.1. The summed E-state index contributed by atoms with van der Waals surface area (Å²) in [6.45, 7) is 13.9. The van der Waals surface area contributed by atoms with Crippen LogP contribution < -0.4 is 5.32 Å². The summed E-state index contributed by atoms with van der Waals surface area (Å²) in [7, 11) is 0. The van der Waals surface area contributed by atoms with E-state index >= 15 is 0 Å². The molecule has 0 radical (unpaired) electrons. The van der Waals surface area contributed by atoms with Gasteiger partial charge in [0, 0.05) is 32.7 Å². The number of piperidine rings is 2. The van der Waals surface area contributed by atoms with Crippen molar-refractivity contribution in [2.24, 2.45) is 16.8 Å². The third kappa shape index (κ3) is 8.84. The van der Waals surface area contributed by atoms with Crippen molar-refractivity contribution < 1.29 is 9.53 Å². The van der Waals surface area contributed by atoms with Crippen LogP contribution in [0.4, 0.5) is 0 Å². The van der Waals surface area contributed by atoms with Gasteiger partial charge in [-0.05, 0) is 71.4 Å². The predicted molar refractivity (Wildman–Crippen MR) is 126 cm³/mol. The highest BCUT2D eigenvalue weighted by Crippen LogP contribution is 2.18. The van der Waals surface area contributed by atoms with Gasteiger partial charge in [0.25, 0.3) is 0 Å². The highest BCUT2D eigenvalue weighted by Gasteiger charge is 2.28. The van der Waals surface area contributed by atoms with Crippen molar-refractivity contribution in [1.29, 1.82) is 0 Å². The third-order valence-electron chi connectivity index (χ3n) is 5.56. The standard InChI is InChI=1S/C21H40N4O2.HI/c1-4-22-21(25-15-9-11-19(17-25)20(26)27-5-2)23-12-6-7-13-24-14-8-10-18(3)16-24;/h18-19H,4-17H2,1-3H3,(H,22,23);1H. The van der Waals surface area contributed by atoms with E-state index in [0.717, 1.165) is 57.3 Å². The molecule has 2 aliphatic heterocycles. The number of carbonyl (C=O) groups excluding carboxylic acids is 1. The van der Waals surface area contributed by atoms with Crippen LogP contribution in [0.25, 0.3) is 0 Å². The van der Waals surface area contributed by atoms with Crippen molar-refractivity contribution in [3.05, 3.63) is 0 Å². The smallest absolute Gasteiger partial charge is 0.310 e. The van der Waals surface area contributed by atoms with Gasteiger partial charge in [-0.1, -0.05) is 6.92 Å². The SMILES string of the molecule is CCNC(=NCCCCN1CCCC(C)C1)N1CCCC(C(=O)OCC)C1.I. The Labute approximate surface area is 188 Å². The largest absolute Gasteiger partial charge is 0.466 e. The quantitative estimate of drug-likeness (QED) is 0.179. The Hall–Kier alpha value is -0.570. The minimum atomic E-state index is -0.0613. The first-order valence-corrected chi connectivity index (χ1v) is 11.1. The van der Waals surface area contributed by atoms with E-state index in [9.17, 15) is 4.79 Å². The molecular formula is C21H41IN4O2. The van der Waals surface area contributed by atoms with Crippen molar-refractivity contribution in [2.45, 2.75) is 59.3 Å². The fraction of sp³-hybridized carbons (Fsp3) is 0.905. The number of unbranched alkanes of at least 4 members (excludes halogenated alkanes) is 1. The second kappa shape index (κ2) is 14.4. The summed E-state index contributed by atoms with van der Waals surface area (Å²) in [4.78, 5) is 21.8. The number of nitrogens with zero attached hydrogens (tertiary/aromatic N) is 3. The van der Waals surface area contributed by atoms with Crippen LogP contribution >= 0.6 is 24.0 Å². The highest BCUT2D eigenvalue weighted by atomic mass is 127. The monoisotopic (exact) mass is 508 g/mol. The summed E-state index contributed by atoms with van der Waals surface area (Å²) in [5.74, 6) is 1.72. The molecule has 0 aliphatic carbocycles. The van der Waals surface area contributed by atoms with Gasteiger partial charge in [0.05, 0.1) is 12.5 Å². The van der Waals surface area contributed by atoms with Crippen molar-refractivity contribution in [1.82, 2.24) is 15.1 Å². The van der Waals surface area contributed by atoms with Gasteiger partial charge in [0.2, 0.25) is 0 Å². The maximum Gasteiger partial charge on any atom is 0.310 e. The molecule has 7 heteroatoms. The molecule has 28 heavy (non-hydrogen) atoms. The van der Waals surface area contributed by atoms with E-state index in [1.165, 1.54) is 38.9 Å². The van der Waals surface area contributed by atoms with Crippen LogP contribution in [0, 0.1) is 11.8 Å². The zero-order valence-electron chi connectivity index (χ0n) is 18.1. The number of carbonyl (C=O) groups is 1. The lowest BCUT2D eigenvalue weighted by Crippen LogP contribution is -2.48. The van der Waals surface area contributed by atoms with E-state index < -0.39 is 0 Å². The summed E-state index contributed by atoms with van der Waals surface area (Å²) < 4.78 is 5.22. The molecule has 0 amide bonds. The van der Waals surface area contributed by atoms with E-state index in [0.29, 0.717) is 6.61 Å². The third-order valence-corrected chi connectivity index (χ3v) is 5.56. The van der Waals surface area contributed by atoms with Gasteiger partial charge in [0.15, 0.2) is 5.96 Å². The van der Waals surface area contributed by atoms with E-state index in [-0.39, 0.29) is 35.9 Å². The van der Waals surface area contributed by atoms with E-state index in [1.54, 1.807) is 0 Å². The topological polar surface area (TPSA) is 57.2 Å². The van der Waals surface area contributed by atoms with Crippen LogP contribution in [-0.4, -0.2) is 74.1 Å². The highest BCUT2D eigenvalue weighted by molar-refractivity contribution is 14.0. The molecule has 2 fully saturated rings. The molecule has 2 rings (SSSR count). The molecule has 164 valence electrons. The lowest BCUT2D eigenvalue weighted by Gasteiger charge is -2.34. The molecular weight excluding hydrogens is 467 g/mol. The number of nitrogens with one attached hydrogen (secondary N) is 1. The summed E-state index contributed by atoms with van der Waals surface area (Å²) in [6, 6.07) is 0. The Morgan fingerprint density at radius 1 is 1.14 bits per heavy atom. The Kier molecular flexibility index (Phi) is 13.1. The fourth-order valence-corrected chi connectivity index (χ4v) is 4.17. The zero-order chi connectivity index (χ0) is 19.5. The van der Waals surface area contributed by atoms with Crippen molar-refractivity contribution in [3.8, 4) is 0 Å². The first kappa shape index (κ1) is 25.5. The number of hydrogen-bond donors (Lipinski definition) is 1. The van der Waals surface area contributed by atoms with Gasteiger partial charge in [-0.2, -0.15) is 0 Å². The van der Waals surface area contributed by atoms with Crippen LogP contribution in [0.1, 0.15) is 59.3 Å². The molecule has 2 unspecified atom stereocenters. The predicted octanol–water partition coefficient (Wildman–Crippen LogP) is 3.36. The van der Waals surface area contributed by atoms with Crippen LogP contribution in [0.5, 0.6) is 0 Å². The van der Waals surface area contributed by atoms with Crippen LogP contribution in [0.2, 0.25) is 0 Å². The number of esters is 1. The molecule has 0 saturated carbocycles. The van der Waals surface area contributed by atoms with Gasteiger partial charge in [-0.15, -0.1) is 24.0 Å². The second-order valence-corrected chi connectivity index (χ2v) is 8.03. The normalized spacial score (nSPS) is 23.8. The number of guanidine groups is 1. The van der Waals surface area contributed by atoms with Crippen molar-refractivity contribution >= 4 is 35.9 Å².